The first-order chi connectivity index (χ1) is 7.24. The lowest BCUT2D eigenvalue weighted by atomic mass is 10.5. The highest BCUT2D eigenvalue weighted by Crippen LogP contribution is 1.94. The van der Waals surface area contributed by atoms with E-state index < -0.39 is 5.69 Å². The van der Waals surface area contributed by atoms with Crippen LogP contribution in [0.1, 0.15) is 0 Å². The van der Waals surface area contributed by atoms with Crippen LogP contribution in [0.3, 0.4) is 0 Å². The van der Waals surface area contributed by atoms with E-state index in [1.807, 2.05) is 0 Å². The summed E-state index contributed by atoms with van der Waals surface area (Å²) in [7, 11) is 1.51. The van der Waals surface area contributed by atoms with Gasteiger partial charge in [0.05, 0.1) is 19.5 Å². The summed E-state index contributed by atoms with van der Waals surface area (Å²) >= 11 is 0. The number of hydrogen-bond donors (Lipinski definition) is 2. The van der Waals surface area contributed by atoms with Crippen molar-refractivity contribution < 1.29 is 4.74 Å². The van der Waals surface area contributed by atoms with E-state index in [1.165, 1.54) is 13.4 Å². The van der Waals surface area contributed by atoms with Crippen LogP contribution < -0.4 is 11.2 Å². The zero-order valence-electron chi connectivity index (χ0n) is 8.11. The van der Waals surface area contributed by atoms with Crippen LogP contribution in [0, 0.1) is 0 Å². The van der Waals surface area contributed by atoms with Gasteiger partial charge in [-0.25, -0.2) is 9.78 Å². The molecule has 0 saturated heterocycles. The highest BCUT2D eigenvalue weighted by molar-refractivity contribution is 5.67. The first-order valence-electron chi connectivity index (χ1n) is 4.39. The molecule has 0 saturated carbocycles. The van der Waals surface area contributed by atoms with Gasteiger partial charge in [-0.15, -0.1) is 0 Å². The number of H-pyrrole nitrogens is 2. The molecule has 2 aromatic rings. The Morgan fingerprint density at radius 2 is 2.33 bits per heavy atom. The third-order valence-electron chi connectivity index (χ3n) is 2.09. The summed E-state index contributed by atoms with van der Waals surface area (Å²) in [5, 5.41) is 0. The fourth-order valence-corrected chi connectivity index (χ4v) is 1.33. The van der Waals surface area contributed by atoms with Gasteiger partial charge in [-0.3, -0.25) is 14.3 Å². The molecule has 0 atom stereocenters. The number of nitrogens with zero attached hydrogens (tertiary/aromatic N) is 2. The van der Waals surface area contributed by atoms with Crippen molar-refractivity contribution in [1.82, 2.24) is 19.5 Å². The van der Waals surface area contributed by atoms with Gasteiger partial charge in [0.1, 0.15) is 5.52 Å². The van der Waals surface area contributed by atoms with Crippen molar-refractivity contribution in [2.45, 2.75) is 6.54 Å². The second kappa shape index (κ2) is 3.70. The van der Waals surface area contributed by atoms with E-state index in [4.69, 9.17) is 4.74 Å². The minimum absolute atomic E-state index is 0.222. The summed E-state index contributed by atoms with van der Waals surface area (Å²) in [6, 6.07) is 0. The van der Waals surface area contributed by atoms with Gasteiger partial charge >= 0.3 is 5.69 Å². The third kappa shape index (κ3) is 1.57. The van der Waals surface area contributed by atoms with Gasteiger partial charge in [0, 0.05) is 7.11 Å². The van der Waals surface area contributed by atoms with Crippen molar-refractivity contribution in [3.63, 3.8) is 0 Å². The van der Waals surface area contributed by atoms with Crippen LogP contribution in [0.5, 0.6) is 0 Å². The van der Waals surface area contributed by atoms with Crippen molar-refractivity contribution >= 4 is 11.2 Å². The summed E-state index contributed by atoms with van der Waals surface area (Å²) in [4.78, 5) is 32.2. The molecule has 0 amide bonds. The quantitative estimate of drug-likeness (QED) is 0.683. The Kier molecular flexibility index (Phi) is 2.38. The van der Waals surface area contributed by atoms with Crippen LogP contribution in [-0.2, 0) is 11.3 Å². The molecule has 0 radical (unpaired) electrons. The van der Waals surface area contributed by atoms with Crippen molar-refractivity contribution in [3.8, 4) is 0 Å². The molecule has 2 N–H and O–H groups in total. The number of imidazole rings is 1. The molecule has 2 aromatic heterocycles. The highest BCUT2D eigenvalue weighted by atomic mass is 16.5. The van der Waals surface area contributed by atoms with Gasteiger partial charge in [-0.05, 0) is 0 Å². The maximum Gasteiger partial charge on any atom is 0.330 e. The second-order valence-corrected chi connectivity index (χ2v) is 3.01. The number of rotatable bonds is 3. The molecule has 0 unspecified atom stereocenters. The molecule has 0 fully saturated rings. The largest absolute Gasteiger partial charge is 0.383 e. The van der Waals surface area contributed by atoms with Gasteiger partial charge < -0.3 is 9.72 Å². The molecule has 0 aromatic carbocycles. The predicted octanol–water partition coefficient (Wildman–Crippen LogP) is -0.941. The molecule has 2 rings (SSSR count). The molecule has 0 aliphatic carbocycles. The van der Waals surface area contributed by atoms with E-state index >= 15 is 0 Å². The van der Waals surface area contributed by atoms with Crippen LogP contribution in [-0.4, -0.2) is 33.2 Å². The smallest absolute Gasteiger partial charge is 0.330 e. The summed E-state index contributed by atoms with van der Waals surface area (Å²) in [6.45, 7) is 0.530. The fourth-order valence-electron chi connectivity index (χ4n) is 1.33. The first kappa shape index (κ1) is 9.66. The average Bonchev–Trinajstić information content (AvgIpc) is 2.65. The molecule has 0 spiro atoms. The Bertz CT molecular complexity index is 579. The molecule has 0 bridgehead atoms. The van der Waals surface area contributed by atoms with Gasteiger partial charge in [-0.2, -0.15) is 0 Å². The van der Waals surface area contributed by atoms with Crippen molar-refractivity contribution in [1.29, 1.82) is 0 Å². The molecule has 0 aliphatic rings. The molecule has 2 heterocycles. The third-order valence-corrected chi connectivity index (χ3v) is 2.09. The number of fused-ring (bicyclic) bond motifs is 1. The number of nitrogens with one attached hydrogen (secondary N) is 2. The summed E-state index contributed by atoms with van der Waals surface area (Å²) in [5.74, 6) is 0. The first-order valence-corrected chi connectivity index (χ1v) is 4.39. The van der Waals surface area contributed by atoms with E-state index in [1.54, 1.807) is 0 Å². The molecule has 7 nitrogen and oxygen atoms in total. The Morgan fingerprint density at radius 1 is 1.53 bits per heavy atom. The number of aromatic amines is 2. The van der Waals surface area contributed by atoms with E-state index in [9.17, 15) is 9.59 Å². The fraction of sp³-hybridized carbons (Fsp3) is 0.375. The zero-order valence-corrected chi connectivity index (χ0v) is 8.11. The number of methoxy groups -OCH3 is 1. The summed E-state index contributed by atoms with van der Waals surface area (Å²) < 4.78 is 5.88. The maximum absolute atomic E-state index is 11.7. The lowest BCUT2D eigenvalue weighted by Crippen LogP contribution is -2.36. The second-order valence-electron chi connectivity index (χ2n) is 3.01. The molecular formula is C8H10N4O3. The van der Waals surface area contributed by atoms with Crippen LogP contribution in [0.25, 0.3) is 11.2 Å². The molecular weight excluding hydrogens is 200 g/mol. The normalized spacial score (nSPS) is 11.0. The Labute approximate surface area is 83.7 Å². The van der Waals surface area contributed by atoms with Gasteiger partial charge in [0.15, 0.2) is 5.65 Å². The Hall–Kier alpha value is -1.89. The number of aromatic nitrogens is 4. The summed E-state index contributed by atoms with van der Waals surface area (Å²) in [6.07, 6.45) is 1.36. The van der Waals surface area contributed by atoms with Crippen molar-refractivity contribution in [2.24, 2.45) is 0 Å². The SMILES string of the molecule is COCCn1c(=O)[nH]c2nc[nH]c2c1=O. The van der Waals surface area contributed by atoms with E-state index in [0.29, 0.717) is 12.1 Å². The van der Waals surface area contributed by atoms with E-state index in [0.717, 1.165) is 4.57 Å². The van der Waals surface area contributed by atoms with Crippen LogP contribution >= 0.6 is 0 Å². The van der Waals surface area contributed by atoms with Gasteiger partial charge in [0.2, 0.25) is 0 Å². The van der Waals surface area contributed by atoms with Crippen molar-refractivity contribution in [2.75, 3.05) is 13.7 Å². The molecule has 15 heavy (non-hydrogen) atoms. The lowest BCUT2D eigenvalue weighted by Gasteiger charge is -2.02. The maximum atomic E-state index is 11.7. The standard InChI is InChI=1S/C8H10N4O3/c1-15-3-2-12-7(13)5-6(10-4-9-5)11-8(12)14/h4H,2-3H2,1H3,(H,9,10)(H,11,14). The van der Waals surface area contributed by atoms with E-state index in [-0.39, 0.29) is 17.8 Å². The average molecular weight is 210 g/mol. The van der Waals surface area contributed by atoms with Gasteiger partial charge in [0.25, 0.3) is 5.56 Å². The topological polar surface area (TPSA) is 92.8 Å². The van der Waals surface area contributed by atoms with Crippen LogP contribution in [0.2, 0.25) is 0 Å². The van der Waals surface area contributed by atoms with Crippen molar-refractivity contribution in [3.05, 3.63) is 27.2 Å². The van der Waals surface area contributed by atoms with Crippen LogP contribution in [0.4, 0.5) is 0 Å². The van der Waals surface area contributed by atoms with E-state index in [2.05, 4.69) is 15.0 Å². The Morgan fingerprint density at radius 3 is 3.07 bits per heavy atom. The lowest BCUT2D eigenvalue weighted by molar-refractivity contribution is 0.185. The van der Waals surface area contributed by atoms with Crippen LogP contribution in [0.15, 0.2) is 15.9 Å². The molecule has 7 heteroatoms. The zero-order chi connectivity index (χ0) is 10.8. The molecule has 0 aliphatic heterocycles. The minimum atomic E-state index is -0.475. The Balaban J connectivity index is 2.62. The highest BCUT2D eigenvalue weighted by Gasteiger charge is 2.08. The minimum Gasteiger partial charge on any atom is -0.383 e. The number of hydrogen-bond acceptors (Lipinski definition) is 4. The van der Waals surface area contributed by atoms with Gasteiger partial charge in [-0.1, -0.05) is 0 Å². The number of ether oxygens (including phenoxy) is 1. The summed E-state index contributed by atoms with van der Waals surface area (Å²) in [5.41, 5.74) is -0.288. The molecule has 80 valence electrons. The monoisotopic (exact) mass is 210 g/mol. The predicted molar refractivity (Wildman–Crippen MR) is 52.9 cm³/mol.